The number of morpholine rings is 1. The minimum atomic E-state index is -0.182. The molecule has 7 nitrogen and oxygen atoms in total. The van der Waals surface area contributed by atoms with Crippen LogP contribution >= 0.6 is 15.9 Å². The van der Waals surface area contributed by atoms with E-state index in [-0.39, 0.29) is 5.91 Å². The topological polar surface area (TPSA) is 92.5 Å². The molecule has 0 radical (unpaired) electrons. The molecule has 0 spiro atoms. The maximum Gasteiger partial charge on any atom is 0.255 e. The highest BCUT2D eigenvalue weighted by molar-refractivity contribution is 9.10. The van der Waals surface area contributed by atoms with Crippen LogP contribution < -0.4 is 16.6 Å². The summed E-state index contributed by atoms with van der Waals surface area (Å²) in [4.78, 5) is 18.5. The Morgan fingerprint density at radius 1 is 1.48 bits per heavy atom. The number of nitrogens with zero attached hydrogens (tertiary/aromatic N) is 2. The average molecular weight is 358 g/mol. The summed E-state index contributed by atoms with van der Waals surface area (Å²) in [5.41, 5.74) is 2.86. The van der Waals surface area contributed by atoms with E-state index in [2.05, 4.69) is 36.6 Å². The SMILES string of the molecule is NNc1ncc(Br)cc1C(=O)NCCCN1CCOCC1. The largest absolute Gasteiger partial charge is 0.379 e. The molecule has 1 amide bonds. The van der Waals surface area contributed by atoms with Gasteiger partial charge in [0.2, 0.25) is 0 Å². The van der Waals surface area contributed by atoms with Crippen LogP contribution in [0.5, 0.6) is 0 Å². The number of carbonyl (C=O) groups excluding carboxylic acids is 1. The Kier molecular flexibility index (Phi) is 6.37. The van der Waals surface area contributed by atoms with Gasteiger partial charge in [0.05, 0.1) is 18.8 Å². The molecule has 1 aromatic heterocycles. The number of aromatic nitrogens is 1. The van der Waals surface area contributed by atoms with E-state index < -0.39 is 0 Å². The number of hydrazine groups is 1. The molecule has 1 aromatic rings. The lowest BCUT2D eigenvalue weighted by Crippen LogP contribution is -2.38. The van der Waals surface area contributed by atoms with Gasteiger partial charge in [-0.15, -0.1) is 0 Å². The zero-order valence-electron chi connectivity index (χ0n) is 11.8. The Bertz CT molecular complexity index is 480. The summed E-state index contributed by atoms with van der Waals surface area (Å²) in [6.07, 6.45) is 2.49. The van der Waals surface area contributed by atoms with Gasteiger partial charge in [0.25, 0.3) is 5.91 Å². The predicted octanol–water partition coefficient (Wildman–Crippen LogP) is 0.582. The Hall–Kier alpha value is -1.22. The van der Waals surface area contributed by atoms with E-state index in [1.54, 1.807) is 12.3 Å². The highest BCUT2D eigenvalue weighted by Crippen LogP contribution is 2.17. The van der Waals surface area contributed by atoms with Crippen molar-refractivity contribution in [1.29, 1.82) is 0 Å². The van der Waals surface area contributed by atoms with Crippen LogP contribution in [0.2, 0.25) is 0 Å². The quantitative estimate of drug-likeness (QED) is 0.392. The van der Waals surface area contributed by atoms with Crippen molar-refractivity contribution >= 4 is 27.7 Å². The zero-order valence-corrected chi connectivity index (χ0v) is 13.4. The third kappa shape index (κ3) is 4.92. The number of nitrogens with two attached hydrogens (primary N) is 1. The molecule has 0 bridgehead atoms. The Morgan fingerprint density at radius 2 is 2.24 bits per heavy atom. The second kappa shape index (κ2) is 8.28. The molecule has 4 N–H and O–H groups in total. The molecule has 0 aliphatic carbocycles. The maximum atomic E-state index is 12.1. The third-order valence-corrected chi connectivity index (χ3v) is 3.71. The lowest BCUT2D eigenvalue weighted by atomic mass is 10.2. The molecule has 2 rings (SSSR count). The van der Waals surface area contributed by atoms with Gasteiger partial charge in [-0.25, -0.2) is 10.8 Å². The number of hydrogen-bond donors (Lipinski definition) is 3. The van der Waals surface area contributed by atoms with Crippen LogP contribution in [-0.4, -0.2) is 55.2 Å². The van der Waals surface area contributed by atoms with E-state index in [9.17, 15) is 4.79 Å². The number of nitrogens with one attached hydrogen (secondary N) is 2. The van der Waals surface area contributed by atoms with Crippen LogP contribution in [0, 0.1) is 0 Å². The number of halogens is 1. The standard InChI is InChI=1S/C13H20BrN5O2/c14-10-8-11(12(18-15)17-9-10)13(20)16-2-1-3-19-4-6-21-7-5-19/h8-9H,1-7,15H2,(H,16,20)(H,17,18). The summed E-state index contributed by atoms with van der Waals surface area (Å²) in [6.45, 7) is 5.09. The van der Waals surface area contributed by atoms with E-state index in [0.717, 1.165) is 43.7 Å². The molecular formula is C13H20BrN5O2. The van der Waals surface area contributed by atoms with Gasteiger partial charge in [0.15, 0.2) is 5.82 Å². The summed E-state index contributed by atoms with van der Waals surface area (Å²) < 4.78 is 6.03. The van der Waals surface area contributed by atoms with Crippen molar-refractivity contribution in [3.05, 3.63) is 22.3 Å². The fourth-order valence-corrected chi connectivity index (χ4v) is 2.48. The zero-order chi connectivity index (χ0) is 15.1. The monoisotopic (exact) mass is 357 g/mol. The molecule has 1 saturated heterocycles. The Labute approximate surface area is 132 Å². The molecular weight excluding hydrogens is 338 g/mol. The molecule has 116 valence electrons. The predicted molar refractivity (Wildman–Crippen MR) is 84.0 cm³/mol. The fourth-order valence-electron chi connectivity index (χ4n) is 2.15. The first-order valence-electron chi connectivity index (χ1n) is 6.91. The summed E-state index contributed by atoms with van der Waals surface area (Å²) in [6, 6.07) is 1.69. The molecule has 8 heteroatoms. The molecule has 0 saturated carbocycles. The highest BCUT2D eigenvalue weighted by Gasteiger charge is 2.13. The van der Waals surface area contributed by atoms with Gasteiger partial charge in [-0.3, -0.25) is 9.69 Å². The van der Waals surface area contributed by atoms with Gasteiger partial charge in [-0.1, -0.05) is 0 Å². The van der Waals surface area contributed by atoms with Gasteiger partial charge in [-0.2, -0.15) is 0 Å². The number of amides is 1. The smallest absolute Gasteiger partial charge is 0.255 e. The molecule has 1 aliphatic heterocycles. The number of anilines is 1. The van der Waals surface area contributed by atoms with E-state index >= 15 is 0 Å². The minimum Gasteiger partial charge on any atom is -0.379 e. The first-order chi connectivity index (χ1) is 10.2. The molecule has 1 aliphatic rings. The van der Waals surface area contributed by atoms with Crippen molar-refractivity contribution in [1.82, 2.24) is 15.2 Å². The van der Waals surface area contributed by atoms with Crippen LogP contribution in [0.15, 0.2) is 16.7 Å². The van der Waals surface area contributed by atoms with Gasteiger partial charge in [-0.05, 0) is 35.0 Å². The van der Waals surface area contributed by atoms with E-state index in [1.165, 1.54) is 0 Å². The van der Waals surface area contributed by atoms with Crippen LogP contribution in [-0.2, 0) is 4.74 Å². The average Bonchev–Trinajstić information content (AvgIpc) is 2.52. The van der Waals surface area contributed by atoms with Gasteiger partial charge >= 0.3 is 0 Å². The Balaban J connectivity index is 1.77. The van der Waals surface area contributed by atoms with Crippen molar-refractivity contribution in [3.63, 3.8) is 0 Å². The van der Waals surface area contributed by atoms with Crippen molar-refractivity contribution in [2.24, 2.45) is 5.84 Å². The van der Waals surface area contributed by atoms with Gasteiger partial charge in [0, 0.05) is 30.3 Å². The van der Waals surface area contributed by atoms with Crippen molar-refractivity contribution in [2.45, 2.75) is 6.42 Å². The normalized spacial score (nSPS) is 15.7. The van der Waals surface area contributed by atoms with Crippen LogP contribution in [0.1, 0.15) is 16.8 Å². The molecule has 0 unspecified atom stereocenters. The van der Waals surface area contributed by atoms with Crippen molar-refractivity contribution < 1.29 is 9.53 Å². The van der Waals surface area contributed by atoms with Crippen LogP contribution in [0.25, 0.3) is 0 Å². The molecule has 2 heterocycles. The lowest BCUT2D eigenvalue weighted by Gasteiger charge is -2.26. The summed E-state index contributed by atoms with van der Waals surface area (Å²) in [7, 11) is 0. The Morgan fingerprint density at radius 3 is 2.95 bits per heavy atom. The third-order valence-electron chi connectivity index (χ3n) is 3.28. The van der Waals surface area contributed by atoms with E-state index in [1.807, 2.05) is 0 Å². The summed E-state index contributed by atoms with van der Waals surface area (Å²) in [5, 5.41) is 2.89. The number of carbonyl (C=O) groups is 1. The number of nitrogen functional groups attached to an aromatic ring is 1. The summed E-state index contributed by atoms with van der Waals surface area (Å²) in [5.74, 6) is 5.55. The second-order valence-corrected chi connectivity index (χ2v) is 5.67. The van der Waals surface area contributed by atoms with E-state index in [4.69, 9.17) is 10.6 Å². The van der Waals surface area contributed by atoms with Crippen molar-refractivity contribution in [3.8, 4) is 0 Å². The van der Waals surface area contributed by atoms with Crippen molar-refractivity contribution in [2.75, 3.05) is 44.8 Å². The number of rotatable bonds is 6. The van der Waals surface area contributed by atoms with Gasteiger partial charge < -0.3 is 15.5 Å². The summed E-state index contributed by atoms with van der Waals surface area (Å²) >= 11 is 3.30. The lowest BCUT2D eigenvalue weighted by molar-refractivity contribution is 0.0374. The molecule has 0 aromatic carbocycles. The molecule has 1 fully saturated rings. The first kappa shape index (κ1) is 16.2. The maximum absolute atomic E-state index is 12.1. The fraction of sp³-hybridized carbons (Fsp3) is 0.538. The van der Waals surface area contributed by atoms with Crippen LogP contribution in [0.4, 0.5) is 5.82 Å². The molecule has 21 heavy (non-hydrogen) atoms. The number of ether oxygens (including phenoxy) is 1. The number of hydrogen-bond acceptors (Lipinski definition) is 6. The number of pyridine rings is 1. The second-order valence-electron chi connectivity index (χ2n) is 4.76. The highest BCUT2D eigenvalue weighted by atomic mass is 79.9. The van der Waals surface area contributed by atoms with E-state index in [0.29, 0.717) is 17.9 Å². The van der Waals surface area contributed by atoms with Crippen LogP contribution in [0.3, 0.4) is 0 Å². The minimum absolute atomic E-state index is 0.182. The van der Waals surface area contributed by atoms with Gasteiger partial charge in [0.1, 0.15) is 0 Å². The first-order valence-corrected chi connectivity index (χ1v) is 7.70. The molecule has 0 atom stereocenters.